The third kappa shape index (κ3) is 3.52. The Hall–Kier alpha value is -1.72. The van der Waals surface area contributed by atoms with Gasteiger partial charge in [-0.05, 0) is 54.0 Å². The highest BCUT2D eigenvalue weighted by molar-refractivity contribution is 7.12. The van der Waals surface area contributed by atoms with Crippen molar-refractivity contribution in [1.29, 1.82) is 0 Å². The number of benzene rings is 1. The second-order valence-corrected chi connectivity index (χ2v) is 7.05. The van der Waals surface area contributed by atoms with Gasteiger partial charge in [0, 0.05) is 19.7 Å². The van der Waals surface area contributed by atoms with Gasteiger partial charge in [-0.1, -0.05) is 19.1 Å². The molecule has 0 spiro atoms. The van der Waals surface area contributed by atoms with Gasteiger partial charge in [-0.3, -0.25) is 4.79 Å². The first-order valence-electron chi connectivity index (χ1n) is 8.30. The summed E-state index contributed by atoms with van der Waals surface area (Å²) in [7, 11) is 1.87. The van der Waals surface area contributed by atoms with E-state index in [0.29, 0.717) is 6.61 Å². The Morgan fingerprint density at radius 3 is 2.79 bits per heavy atom. The lowest BCUT2D eigenvalue weighted by Crippen LogP contribution is -2.41. The summed E-state index contributed by atoms with van der Waals surface area (Å²) < 4.78 is 18.9. The number of hydrogen-bond donors (Lipinski definition) is 0. The van der Waals surface area contributed by atoms with Crippen LogP contribution in [0, 0.1) is 5.82 Å². The molecule has 1 aliphatic heterocycles. The zero-order valence-corrected chi connectivity index (χ0v) is 14.8. The molecule has 0 bridgehead atoms. The van der Waals surface area contributed by atoms with Gasteiger partial charge in [-0.15, -0.1) is 11.3 Å². The number of nitrogens with zero attached hydrogens (tertiary/aromatic N) is 1. The number of hydrogen-bond acceptors (Lipinski definition) is 3. The maximum Gasteiger partial charge on any atom is 0.264 e. The summed E-state index contributed by atoms with van der Waals surface area (Å²) in [6.45, 7) is 2.67. The van der Waals surface area contributed by atoms with Crippen molar-refractivity contribution in [3.8, 4) is 0 Å². The number of halogens is 1. The molecule has 0 aliphatic carbocycles. The monoisotopic (exact) mass is 347 g/mol. The first kappa shape index (κ1) is 17.1. The van der Waals surface area contributed by atoms with Gasteiger partial charge in [0.05, 0.1) is 11.0 Å². The van der Waals surface area contributed by atoms with Gasteiger partial charge in [-0.25, -0.2) is 4.39 Å². The topological polar surface area (TPSA) is 29.5 Å². The van der Waals surface area contributed by atoms with Gasteiger partial charge in [0.15, 0.2) is 0 Å². The van der Waals surface area contributed by atoms with Crippen LogP contribution in [0.1, 0.15) is 46.7 Å². The molecule has 5 heteroatoms. The van der Waals surface area contributed by atoms with Crippen LogP contribution in [0.15, 0.2) is 35.7 Å². The molecule has 3 rings (SSSR count). The lowest BCUT2D eigenvalue weighted by atomic mass is 9.96. The van der Waals surface area contributed by atoms with Crippen molar-refractivity contribution in [3.05, 3.63) is 57.5 Å². The number of thiophene rings is 1. The first-order chi connectivity index (χ1) is 11.6. The average molecular weight is 347 g/mol. The Morgan fingerprint density at radius 2 is 2.08 bits per heavy atom. The van der Waals surface area contributed by atoms with E-state index in [0.717, 1.165) is 35.3 Å². The minimum atomic E-state index is -0.247. The summed E-state index contributed by atoms with van der Waals surface area (Å²) in [5.74, 6) is -0.158. The molecular weight excluding hydrogens is 325 g/mol. The van der Waals surface area contributed by atoms with Gasteiger partial charge in [0.25, 0.3) is 5.91 Å². The van der Waals surface area contributed by atoms with E-state index in [1.54, 1.807) is 12.1 Å². The van der Waals surface area contributed by atoms with Crippen LogP contribution in [0.4, 0.5) is 4.39 Å². The van der Waals surface area contributed by atoms with E-state index in [4.69, 9.17) is 4.74 Å². The van der Waals surface area contributed by atoms with Crippen LogP contribution in [0.5, 0.6) is 0 Å². The highest BCUT2D eigenvalue weighted by Gasteiger charge is 2.30. The van der Waals surface area contributed by atoms with Gasteiger partial charge in [-0.2, -0.15) is 0 Å². The Kier molecular flexibility index (Phi) is 5.31. The molecule has 1 aliphatic rings. The van der Waals surface area contributed by atoms with Crippen molar-refractivity contribution >= 4 is 17.2 Å². The van der Waals surface area contributed by atoms with Crippen molar-refractivity contribution in [3.63, 3.8) is 0 Å². The fourth-order valence-electron chi connectivity index (χ4n) is 3.17. The van der Waals surface area contributed by atoms with Crippen LogP contribution in [0.2, 0.25) is 0 Å². The number of amides is 1. The Bertz CT molecular complexity index is 698. The van der Waals surface area contributed by atoms with Gasteiger partial charge < -0.3 is 9.64 Å². The molecule has 1 saturated heterocycles. The number of rotatable bonds is 4. The van der Waals surface area contributed by atoms with Crippen molar-refractivity contribution in [2.75, 3.05) is 13.7 Å². The summed E-state index contributed by atoms with van der Waals surface area (Å²) >= 11 is 1.51. The predicted molar refractivity (Wildman–Crippen MR) is 93.9 cm³/mol. The Labute approximate surface area is 146 Å². The Balaban J connectivity index is 1.72. The van der Waals surface area contributed by atoms with Crippen LogP contribution >= 0.6 is 11.3 Å². The standard InChI is InChI=1S/C19H22FNO2S/c1-3-13-9-11-24-18(13)19(22)21(2)16-8-10-23-17(12-16)14-4-6-15(20)7-5-14/h4-7,9,11,16-17H,3,8,10,12H2,1-2H3/t16-,17-/m1/s1. The minimum Gasteiger partial charge on any atom is -0.373 e. The SMILES string of the molecule is CCc1ccsc1C(=O)N(C)[C@@H]1CCO[C@@H](c2ccc(F)cc2)C1. The normalized spacial score (nSPS) is 20.8. The largest absolute Gasteiger partial charge is 0.373 e. The molecule has 24 heavy (non-hydrogen) atoms. The van der Waals surface area contributed by atoms with E-state index in [9.17, 15) is 9.18 Å². The van der Waals surface area contributed by atoms with Crippen molar-refractivity contribution in [1.82, 2.24) is 4.90 Å². The predicted octanol–water partition coefficient (Wildman–Crippen LogP) is 4.44. The molecule has 0 N–H and O–H groups in total. The molecule has 3 nitrogen and oxygen atoms in total. The number of carbonyl (C=O) groups excluding carboxylic acids is 1. The van der Waals surface area contributed by atoms with E-state index in [1.165, 1.54) is 23.5 Å². The highest BCUT2D eigenvalue weighted by Crippen LogP contribution is 2.31. The van der Waals surface area contributed by atoms with E-state index >= 15 is 0 Å². The summed E-state index contributed by atoms with van der Waals surface area (Å²) in [5.41, 5.74) is 2.08. The molecule has 128 valence electrons. The van der Waals surface area contributed by atoms with E-state index in [-0.39, 0.29) is 23.9 Å². The first-order valence-corrected chi connectivity index (χ1v) is 9.18. The van der Waals surface area contributed by atoms with Gasteiger partial charge >= 0.3 is 0 Å². The summed E-state index contributed by atoms with van der Waals surface area (Å²) in [6.07, 6.45) is 2.34. The minimum absolute atomic E-state index is 0.0893. The van der Waals surface area contributed by atoms with E-state index < -0.39 is 0 Å². The van der Waals surface area contributed by atoms with Crippen molar-refractivity contribution in [2.24, 2.45) is 0 Å². The summed E-state index contributed by atoms with van der Waals surface area (Å²) in [4.78, 5) is 15.5. The smallest absolute Gasteiger partial charge is 0.264 e. The zero-order chi connectivity index (χ0) is 17.1. The quantitative estimate of drug-likeness (QED) is 0.818. The maximum atomic E-state index is 13.1. The fraction of sp³-hybridized carbons (Fsp3) is 0.421. The number of ether oxygens (including phenoxy) is 1. The van der Waals surface area contributed by atoms with Crippen molar-refractivity contribution < 1.29 is 13.9 Å². The van der Waals surface area contributed by atoms with E-state index in [2.05, 4.69) is 6.92 Å². The van der Waals surface area contributed by atoms with Crippen LogP contribution in [-0.4, -0.2) is 30.5 Å². The van der Waals surface area contributed by atoms with Crippen molar-refractivity contribution in [2.45, 2.75) is 38.3 Å². The molecule has 0 saturated carbocycles. The summed E-state index contributed by atoms with van der Waals surface area (Å²) in [6, 6.07) is 8.59. The third-order valence-electron chi connectivity index (χ3n) is 4.69. The molecule has 2 heterocycles. The lowest BCUT2D eigenvalue weighted by molar-refractivity contribution is -0.0196. The molecular formula is C19H22FNO2S. The molecule has 0 radical (unpaired) electrons. The van der Waals surface area contributed by atoms with Gasteiger partial charge in [0.1, 0.15) is 5.82 Å². The molecule has 1 amide bonds. The molecule has 1 fully saturated rings. The van der Waals surface area contributed by atoms with Crippen LogP contribution in [0.3, 0.4) is 0 Å². The summed E-state index contributed by atoms with van der Waals surface area (Å²) in [5, 5.41) is 1.98. The average Bonchev–Trinajstić information content (AvgIpc) is 3.10. The molecule has 2 atom stereocenters. The second-order valence-electron chi connectivity index (χ2n) is 6.13. The Morgan fingerprint density at radius 1 is 1.33 bits per heavy atom. The van der Waals surface area contributed by atoms with Crippen LogP contribution < -0.4 is 0 Å². The highest BCUT2D eigenvalue weighted by atomic mass is 32.1. The molecule has 1 aromatic heterocycles. The van der Waals surface area contributed by atoms with Crippen LogP contribution in [0.25, 0.3) is 0 Å². The van der Waals surface area contributed by atoms with Crippen LogP contribution in [-0.2, 0) is 11.2 Å². The number of aryl methyl sites for hydroxylation is 1. The second kappa shape index (κ2) is 7.45. The molecule has 2 aromatic rings. The molecule has 0 unspecified atom stereocenters. The third-order valence-corrected chi connectivity index (χ3v) is 5.63. The van der Waals surface area contributed by atoms with E-state index in [1.807, 2.05) is 23.4 Å². The fourth-order valence-corrected chi connectivity index (χ4v) is 4.15. The number of carbonyl (C=O) groups is 1. The van der Waals surface area contributed by atoms with Gasteiger partial charge in [0.2, 0.25) is 0 Å². The maximum absolute atomic E-state index is 13.1. The molecule has 1 aromatic carbocycles. The zero-order valence-electron chi connectivity index (χ0n) is 14.0. The lowest BCUT2D eigenvalue weighted by Gasteiger charge is -2.35.